The lowest BCUT2D eigenvalue weighted by atomic mass is 10.1. The zero-order valence-electron chi connectivity index (χ0n) is 9.12. The van der Waals surface area contributed by atoms with Crippen molar-refractivity contribution in [2.75, 3.05) is 14.1 Å². The lowest BCUT2D eigenvalue weighted by molar-refractivity contribution is 0.104. The molecule has 0 aliphatic carbocycles. The molecule has 3 heteroatoms. The SMILES string of the molecule is CC(=CC(=O)c1ccc(Cl)cc1)N(C)C. The molecule has 0 fully saturated rings. The summed E-state index contributed by atoms with van der Waals surface area (Å²) in [4.78, 5) is 13.6. The van der Waals surface area contributed by atoms with Crippen LogP contribution in [-0.4, -0.2) is 24.8 Å². The maximum absolute atomic E-state index is 11.7. The number of carbonyl (C=O) groups excluding carboxylic acids is 1. The van der Waals surface area contributed by atoms with Crippen molar-refractivity contribution in [3.05, 3.63) is 46.6 Å². The average Bonchev–Trinajstić information content (AvgIpc) is 2.18. The van der Waals surface area contributed by atoms with E-state index in [0.717, 1.165) is 5.70 Å². The summed E-state index contributed by atoms with van der Waals surface area (Å²) in [6.45, 7) is 1.90. The second kappa shape index (κ2) is 4.99. The summed E-state index contributed by atoms with van der Waals surface area (Å²) in [6.07, 6.45) is 1.61. The molecule has 1 aromatic carbocycles. The summed E-state index contributed by atoms with van der Waals surface area (Å²) >= 11 is 5.74. The molecule has 0 aliphatic rings. The molecule has 0 aliphatic heterocycles. The van der Waals surface area contributed by atoms with Crippen LogP contribution < -0.4 is 0 Å². The predicted molar refractivity (Wildman–Crippen MR) is 63.2 cm³/mol. The summed E-state index contributed by atoms with van der Waals surface area (Å²) in [5.41, 5.74) is 1.58. The minimum absolute atomic E-state index is 0.00198. The molecule has 15 heavy (non-hydrogen) atoms. The third-order valence-corrected chi connectivity index (χ3v) is 2.43. The van der Waals surface area contributed by atoms with Crippen LogP contribution in [0, 0.1) is 0 Å². The van der Waals surface area contributed by atoms with Gasteiger partial charge in [0.25, 0.3) is 0 Å². The number of hydrogen-bond donors (Lipinski definition) is 0. The molecule has 0 atom stereocenters. The Hall–Kier alpha value is -1.28. The van der Waals surface area contributed by atoms with E-state index in [2.05, 4.69) is 0 Å². The number of nitrogens with zero attached hydrogens (tertiary/aromatic N) is 1. The van der Waals surface area contributed by atoms with E-state index in [4.69, 9.17) is 11.6 Å². The fraction of sp³-hybridized carbons (Fsp3) is 0.250. The highest BCUT2D eigenvalue weighted by Crippen LogP contribution is 2.11. The van der Waals surface area contributed by atoms with E-state index >= 15 is 0 Å². The van der Waals surface area contributed by atoms with Crippen molar-refractivity contribution in [2.24, 2.45) is 0 Å². The number of halogens is 1. The van der Waals surface area contributed by atoms with Gasteiger partial charge in [0.05, 0.1) is 0 Å². The molecular formula is C12H14ClNO. The van der Waals surface area contributed by atoms with Gasteiger partial charge in [-0.25, -0.2) is 0 Å². The molecule has 2 nitrogen and oxygen atoms in total. The summed E-state index contributed by atoms with van der Waals surface area (Å²) in [7, 11) is 3.81. The maximum atomic E-state index is 11.7. The van der Waals surface area contributed by atoms with E-state index in [1.54, 1.807) is 30.3 Å². The third kappa shape index (κ3) is 3.40. The third-order valence-electron chi connectivity index (χ3n) is 2.17. The van der Waals surface area contributed by atoms with Gasteiger partial charge in [-0.05, 0) is 31.2 Å². The number of ketones is 1. The van der Waals surface area contributed by atoms with Crippen LogP contribution in [0.1, 0.15) is 17.3 Å². The molecule has 80 valence electrons. The first-order valence-corrected chi connectivity index (χ1v) is 5.04. The fourth-order valence-electron chi connectivity index (χ4n) is 1.02. The Labute approximate surface area is 95.2 Å². The number of rotatable bonds is 3. The lowest BCUT2D eigenvalue weighted by Crippen LogP contribution is -2.10. The molecule has 0 heterocycles. The molecule has 0 saturated carbocycles. The zero-order valence-corrected chi connectivity index (χ0v) is 9.88. The summed E-state index contributed by atoms with van der Waals surface area (Å²) in [5.74, 6) is -0.00198. The molecule has 0 unspecified atom stereocenters. The quantitative estimate of drug-likeness (QED) is 0.580. The van der Waals surface area contributed by atoms with Gasteiger partial charge in [0.1, 0.15) is 0 Å². The van der Waals surface area contributed by atoms with Crippen molar-refractivity contribution in [1.82, 2.24) is 4.90 Å². The molecule has 0 bridgehead atoms. The number of benzene rings is 1. The van der Waals surface area contributed by atoms with E-state index in [1.807, 2.05) is 25.9 Å². The Kier molecular flexibility index (Phi) is 3.92. The van der Waals surface area contributed by atoms with E-state index in [9.17, 15) is 4.79 Å². The standard InChI is InChI=1S/C12H14ClNO/c1-9(14(2)3)8-12(15)10-4-6-11(13)7-5-10/h4-8H,1-3H3. The van der Waals surface area contributed by atoms with Crippen LogP contribution in [0.4, 0.5) is 0 Å². The molecule has 0 aromatic heterocycles. The Morgan fingerprint density at radius 2 is 1.80 bits per heavy atom. The Morgan fingerprint density at radius 1 is 1.27 bits per heavy atom. The maximum Gasteiger partial charge on any atom is 0.187 e. The van der Waals surface area contributed by atoms with E-state index in [-0.39, 0.29) is 5.78 Å². The topological polar surface area (TPSA) is 20.3 Å². The van der Waals surface area contributed by atoms with Crippen molar-refractivity contribution < 1.29 is 4.79 Å². The van der Waals surface area contributed by atoms with Gasteiger partial charge in [0.15, 0.2) is 5.78 Å². The second-order valence-electron chi connectivity index (χ2n) is 3.55. The van der Waals surface area contributed by atoms with E-state index in [0.29, 0.717) is 10.6 Å². The van der Waals surface area contributed by atoms with Gasteiger partial charge in [-0.1, -0.05) is 11.6 Å². The lowest BCUT2D eigenvalue weighted by Gasteiger charge is -2.11. The van der Waals surface area contributed by atoms with Gasteiger partial charge >= 0.3 is 0 Å². The molecule has 0 radical (unpaired) electrons. The van der Waals surface area contributed by atoms with E-state index in [1.165, 1.54) is 0 Å². The van der Waals surface area contributed by atoms with Crippen LogP contribution in [0.5, 0.6) is 0 Å². The number of hydrogen-bond acceptors (Lipinski definition) is 2. The van der Waals surface area contributed by atoms with Gasteiger partial charge in [0, 0.05) is 36.5 Å². The molecular weight excluding hydrogens is 210 g/mol. The van der Waals surface area contributed by atoms with Crippen LogP contribution in [-0.2, 0) is 0 Å². The molecule has 0 N–H and O–H groups in total. The van der Waals surface area contributed by atoms with Crippen molar-refractivity contribution in [3.63, 3.8) is 0 Å². The molecule has 0 spiro atoms. The van der Waals surface area contributed by atoms with Crippen molar-refractivity contribution >= 4 is 17.4 Å². The Bertz CT molecular complexity index is 379. The first-order chi connectivity index (χ1) is 7.00. The minimum Gasteiger partial charge on any atom is -0.381 e. The number of allylic oxidation sites excluding steroid dienone is 2. The Morgan fingerprint density at radius 3 is 2.27 bits per heavy atom. The molecule has 0 amide bonds. The van der Waals surface area contributed by atoms with Crippen LogP contribution >= 0.6 is 11.6 Å². The largest absolute Gasteiger partial charge is 0.381 e. The molecule has 0 saturated heterocycles. The zero-order chi connectivity index (χ0) is 11.4. The van der Waals surface area contributed by atoms with Crippen LogP contribution in [0.2, 0.25) is 5.02 Å². The highest BCUT2D eigenvalue weighted by molar-refractivity contribution is 6.30. The second-order valence-corrected chi connectivity index (χ2v) is 3.99. The average molecular weight is 224 g/mol. The normalized spacial score (nSPS) is 11.3. The highest BCUT2D eigenvalue weighted by Gasteiger charge is 2.03. The van der Waals surface area contributed by atoms with Crippen LogP contribution in [0.25, 0.3) is 0 Å². The van der Waals surface area contributed by atoms with Crippen LogP contribution in [0.15, 0.2) is 36.0 Å². The summed E-state index contributed by atoms with van der Waals surface area (Å²) in [5, 5.41) is 0.639. The van der Waals surface area contributed by atoms with Gasteiger partial charge < -0.3 is 4.90 Å². The minimum atomic E-state index is -0.00198. The number of carbonyl (C=O) groups is 1. The van der Waals surface area contributed by atoms with E-state index < -0.39 is 0 Å². The monoisotopic (exact) mass is 223 g/mol. The van der Waals surface area contributed by atoms with Crippen LogP contribution in [0.3, 0.4) is 0 Å². The first kappa shape index (κ1) is 11.8. The smallest absolute Gasteiger partial charge is 0.187 e. The Balaban J connectivity index is 2.86. The van der Waals surface area contributed by atoms with Crippen molar-refractivity contribution in [2.45, 2.75) is 6.92 Å². The summed E-state index contributed by atoms with van der Waals surface area (Å²) in [6, 6.07) is 6.88. The predicted octanol–water partition coefficient (Wildman–Crippen LogP) is 2.99. The van der Waals surface area contributed by atoms with Crippen molar-refractivity contribution in [1.29, 1.82) is 0 Å². The van der Waals surface area contributed by atoms with Gasteiger partial charge in [0.2, 0.25) is 0 Å². The van der Waals surface area contributed by atoms with Crippen molar-refractivity contribution in [3.8, 4) is 0 Å². The molecule has 1 aromatic rings. The first-order valence-electron chi connectivity index (χ1n) is 4.66. The fourth-order valence-corrected chi connectivity index (χ4v) is 1.14. The van der Waals surface area contributed by atoms with Gasteiger partial charge in [-0.2, -0.15) is 0 Å². The van der Waals surface area contributed by atoms with Gasteiger partial charge in [-0.15, -0.1) is 0 Å². The highest BCUT2D eigenvalue weighted by atomic mass is 35.5. The van der Waals surface area contributed by atoms with Gasteiger partial charge in [-0.3, -0.25) is 4.79 Å². The molecule has 1 rings (SSSR count). The summed E-state index contributed by atoms with van der Waals surface area (Å²) < 4.78 is 0.